The van der Waals surface area contributed by atoms with Crippen LogP contribution < -0.4 is 10.0 Å². The van der Waals surface area contributed by atoms with Gasteiger partial charge in [0.1, 0.15) is 5.82 Å². The minimum atomic E-state index is -0.520. The Bertz CT molecular complexity index is 847. The van der Waals surface area contributed by atoms with Crippen LogP contribution in [0.25, 0.3) is 10.8 Å². The van der Waals surface area contributed by atoms with Gasteiger partial charge in [-0.25, -0.2) is 4.39 Å². The van der Waals surface area contributed by atoms with Gasteiger partial charge >= 0.3 is 0 Å². The number of fused-ring (bicyclic) bond motifs is 1. The van der Waals surface area contributed by atoms with Crippen molar-refractivity contribution in [3.05, 3.63) is 72.3 Å². The molecule has 0 saturated heterocycles. The predicted molar refractivity (Wildman–Crippen MR) is 104 cm³/mol. The third kappa shape index (κ3) is 5.02. The molecule has 0 aliphatic rings. The maximum absolute atomic E-state index is 13.8. The van der Waals surface area contributed by atoms with Gasteiger partial charge in [-0.2, -0.15) is 0 Å². The summed E-state index contributed by atoms with van der Waals surface area (Å²) < 4.78 is 17.2. The van der Waals surface area contributed by atoms with Crippen LogP contribution in [-0.2, 0) is 0 Å². The van der Waals surface area contributed by atoms with Gasteiger partial charge < -0.3 is 10.4 Å². The molecule has 0 aliphatic heterocycles. The van der Waals surface area contributed by atoms with Crippen molar-refractivity contribution in [2.75, 3.05) is 13.1 Å². The summed E-state index contributed by atoms with van der Waals surface area (Å²) in [7, 11) is 0. The Morgan fingerprint density at radius 2 is 1.92 bits per heavy atom. The Hall–Kier alpha value is -1.99. The van der Waals surface area contributed by atoms with E-state index in [-0.39, 0.29) is 11.9 Å². The quantitative estimate of drug-likeness (QED) is 0.528. The highest BCUT2D eigenvalue weighted by Crippen LogP contribution is 2.23. The molecule has 0 bridgehead atoms. The van der Waals surface area contributed by atoms with E-state index in [9.17, 15) is 9.50 Å². The highest BCUT2D eigenvalue weighted by atomic mass is 32.2. The van der Waals surface area contributed by atoms with Gasteiger partial charge in [0.15, 0.2) is 0 Å². The molecule has 4 nitrogen and oxygen atoms in total. The van der Waals surface area contributed by atoms with Crippen LogP contribution in [0, 0.1) is 5.82 Å². The summed E-state index contributed by atoms with van der Waals surface area (Å²) >= 11 is 1.47. The van der Waals surface area contributed by atoms with Gasteiger partial charge in [-0.15, -0.1) is 0 Å². The lowest BCUT2D eigenvalue weighted by Gasteiger charge is -2.16. The molecule has 0 spiro atoms. The average molecular weight is 371 g/mol. The number of pyridine rings is 1. The average Bonchev–Trinajstić information content (AvgIpc) is 2.67. The second-order valence-electron chi connectivity index (χ2n) is 6.21. The second-order valence-corrected chi connectivity index (χ2v) is 7.12. The number of halogens is 1. The second kappa shape index (κ2) is 9.09. The van der Waals surface area contributed by atoms with E-state index in [0.717, 1.165) is 15.8 Å². The molecule has 3 rings (SSSR count). The summed E-state index contributed by atoms with van der Waals surface area (Å²) in [5, 5.41) is 14.8. The first kappa shape index (κ1) is 18.8. The molecule has 6 heteroatoms. The van der Waals surface area contributed by atoms with E-state index >= 15 is 0 Å². The zero-order chi connectivity index (χ0) is 18.4. The molecule has 3 N–H and O–H groups in total. The van der Waals surface area contributed by atoms with Crippen LogP contribution in [-0.4, -0.2) is 29.2 Å². The predicted octanol–water partition coefficient (Wildman–Crippen LogP) is 3.68. The molecule has 1 heterocycles. The number of benzene rings is 2. The molecule has 1 aromatic heterocycles. The first-order valence-corrected chi connectivity index (χ1v) is 9.34. The lowest BCUT2D eigenvalue weighted by Crippen LogP contribution is -2.34. The summed E-state index contributed by atoms with van der Waals surface area (Å²) in [4.78, 5) is 4.80. The van der Waals surface area contributed by atoms with Crippen LogP contribution in [0.5, 0.6) is 0 Å². The van der Waals surface area contributed by atoms with Crippen molar-refractivity contribution < 1.29 is 9.50 Å². The highest BCUT2D eigenvalue weighted by Gasteiger charge is 2.08. The zero-order valence-corrected chi connectivity index (χ0v) is 15.3. The number of hydrogen-bond acceptors (Lipinski definition) is 5. The van der Waals surface area contributed by atoms with E-state index in [2.05, 4.69) is 21.9 Å². The van der Waals surface area contributed by atoms with Gasteiger partial charge in [-0.05, 0) is 36.6 Å². The molecule has 0 fully saturated rings. The fourth-order valence-electron chi connectivity index (χ4n) is 2.61. The van der Waals surface area contributed by atoms with E-state index in [1.807, 2.05) is 48.5 Å². The molecule has 136 valence electrons. The van der Waals surface area contributed by atoms with Crippen molar-refractivity contribution in [1.82, 2.24) is 15.0 Å². The Balaban J connectivity index is 1.45. The third-order valence-corrected chi connectivity index (χ3v) is 5.04. The molecule has 0 amide bonds. The van der Waals surface area contributed by atoms with Gasteiger partial charge in [0.25, 0.3) is 0 Å². The topological polar surface area (TPSA) is 57.2 Å². The largest absolute Gasteiger partial charge is 0.387 e. The number of aliphatic hydroxyl groups is 1. The van der Waals surface area contributed by atoms with E-state index in [1.165, 1.54) is 18.1 Å². The Kier molecular flexibility index (Phi) is 6.57. The minimum absolute atomic E-state index is 0.181. The molecule has 26 heavy (non-hydrogen) atoms. The van der Waals surface area contributed by atoms with Crippen molar-refractivity contribution in [3.63, 3.8) is 0 Å². The Morgan fingerprint density at radius 1 is 1.12 bits per heavy atom. The van der Waals surface area contributed by atoms with Crippen molar-refractivity contribution in [3.8, 4) is 0 Å². The van der Waals surface area contributed by atoms with Gasteiger partial charge in [0, 0.05) is 41.0 Å². The van der Waals surface area contributed by atoms with Crippen LogP contribution in [0.1, 0.15) is 18.6 Å². The van der Waals surface area contributed by atoms with Crippen LogP contribution in [0.3, 0.4) is 0 Å². The van der Waals surface area contributed by atoms with Gasteiger partial charge in [0.2, 0.25) is 0 Å². The van der Waals surface area contributed by atoms with Crippen LogP contribution in [0.4, 0.5) is 4.39 Å². The van der Waals surface area contributed by atoms with Gasteiger partial charge in [-0.1, -0.05) is 36.4 Å². The van der Waals surface area contributed by atoms with E-state index < -0.39 is 6.10 Å². The maximum Gasteiger partial charge on any atom is 0.149 e. The number of aromatic nitrogens is 1. The summed E-state index contributed by atoms with van der Waals surface area (Å²) in [6.45, 7) is 3.26. The minimum Gasteiger partial charge on any atom is -0.387 e. The van der Waals surface area contributed by atoms with E-state index in [1.54, 1.807) is 6.20 Å². The van der Waals surface area contributed by atoms with Gasteiger partial charge in [-0.3, -0.25) is 9.71 Å². The molecule has 0 radical (unpaired) electrons. The Labute approximate surface area is 157 Å². The van der Waals surface area contributed by atoms with Crippen LogP contribution in [0.2, 0.25) is 0 Å². The fourth-order valence-corrected chi connectivity index (χ4v) is 3.34. The summed E-state index contributed by atoms with van der Waals surface area (Å²) in [5.41, 5.74) is 0.905. The standard InChI is InChI=1S/C20H22FN3OS/c1-14(10-22-13-20(25)15-5-3-2-4-6-15)24-26-17-8-7-16-11-23-12-19(21)18(16)9-17/h2-9,11-12,14,20,22,24-25H,10,13H2,1H3/t14-,20?/m1/s1. The number of nitrogens with zero attached hydrogens (tertiary/aromatic N) is 1. The fraction of sp³-hybridized carbons (Fsp3) is 0.250. The molecule has 2 atom stereocenters. The lowest BCUT2D eigenvalue weighted by atomic mass is 10.1. The maximum atomic E-state index is 13.8. The summed E-state index contributed by atoms with van der Waals surface area (Å²) in [5.74, 6) is -0.311. The first-order valence-electron chi connectivity index (χ1n) is 8.53. The zero-order valence-electron chi connectivity index (χ0n) is 14.5. The molecule has 2 aromatic carbocycles. The van der Waals surface area contributed by atoms with Crippen LogP contribution >= 0.6 is 11.9 Å². The molecule has 0 aliphatic carbocycles. The summed E-state index contributed by atoms with van der Waals surface area (Å²) in [6.07, 6.45) is 2.37. The van der Waals surface area contributed by atoms with Crippen LogP contribution in [0.15, 0.2) is 65.8 Å². The first-order chi connectivity index (χ1) is 12.6. The molecule has 3 aromatic rings. The number of rotatable bonds is 8. The lowest BCUT2D eigenvalue weighted by molar-refractivity contribution is 0.174. The SMILES string of the molecule is C[C@H](CNCC(O)c1ccccc1)NSc1ccc2cncc(F)c2c1. The van der Waals surface area contributed by atoms with Crippen molar-refractivity contribution in [2.45, 2.75) is 24.0 Å². The highest BCUT2D eigenvalue weighted by molar-refractivity contribution is 7.97. The number of hydrogen-bond donors (Lipinski definition) is 3. The number of aliphatic hydroxyl groups excluding tert-OH is 1. The molecular weight excluding hydrogens is 349 g/mol. The Morgan fingerprint density at radius 3 is 2.73 bits per heavy atom. The van der Waals surface area contributed by atoms with E-state index in [0.29, 0.717) is 18.5 Å². The van der Waals surface area contributed by atoms with Crippen molar-refractivity contribution >= 4 is 22.7 Å². The summed E-state index contributed by atoms with van der Waals surface area (Å²) in [6, 6.07) is 15.4. The van der Waals surface area contributed by atoms with Gasteiger partial charge in [0.05, 0.1) is 12.3 Å². The van der Waals surface area contributed by atoms with Crippen molar-refractivity contribution in [2.24, 2.45) is 0 Å². The van der Waals surface area contributed by atoms with Crippen molar-refractivity contribution in [1.29, 1.82) is 0 Å². The molecule has 0 saturated carbocycles. The molecular formula is C20H22FN3OS. The number of nitrogens with one attached hydrogen (secondary N) is 2. The van der Waals surface area contributed by atoms with E-state index in [4.69, 9.17) is 0 Å². The monoisotopic (exact) mass is 371 g/mol. The normalized spacial score (nSPS) is 13.7. The smallest absolute Gasteiger partial charge is 0.149 e. The molecule has 1 unspecified atom stereocenters. The third-order valence-electron chi connectivity index (χ3n) is 4.03.